The molecule has 60 valence electrons. The van der Waals surface area contributed by atoms with E-state index in [0.29, 0.717) is 10.9 Å². The van der Waals surface area contributed by atoms with E-state index in [2.05, 4.69) is 15.9 Å². The van der Waals surface area contributed by atoms with Crippen molar-refractivity contribution in [1.29, 1.82) is 0 Å². The van der Waals surface area contributed by atoms with Crippen molar-refractivity contribution in [2.75, 3.05) is 0 Å². The molecule has 0 nitrogen and oxygen atoms in total. The minimum absolute atomic E-state index is 0.624. The van der Waals surface area contributed by atoms with Gasteiger partial charge < -0.3 is 0 Å². The van der Waals surface area contributed by atoms with E-state index in [0.717, 1.165) is 11.6 Å². The van der Waals surface area contributed by atoms with Gasteiger partial charge in [-0.1, -0.05) is 22.9 Å². The van der Waals surface area contributed by atoms with Crippen LogP contribution < -0.4 is 0 Å². The molecule has 0 bridgehead atoms. The van der Waals surface area contributed by atoms with E-state index in [9.17, 15) is 8.78 Å². The number of hydrogen-bond acceptors (Lipinski definition) is 0. The molecule has 0 saturated carbocycles. The number of benzene rings is 1. The van der Waals surface area contributed by atoms with Crippen LogP contribution in [0.3, 0.4) is 0 Å². The topological polar surface area (TPSA) is 0 Å². The molecule has 0 fully saturated rings. The molecule has 0 aliphatic carbocycles. The first-order valence-electron chi connectivity index (χ1n) is 3.28. The lowest BCUT2D eigenvalue weighted by molar-refractivity contribution is 0.506. The molecule has 0 N–H and O–H groups in total. The van der Waals surface area contributed by atoms with Crippen LogP contribution in [0, 0.1) is 11.6 Å². The molecule has 0 atom stereocenters. The molecule has 3 heteroatoms. The van der Waals surface area contributed by atoms with Crippen molar-refractivity contribution in [3.63, 3.8) is 0 Å². The van der Waals surface area contributed by atoms with Gasteiger partial charge in [-0.3, -0.25) is 0 Å². The third-order valence-electron chi connectivity index (χ3n) is 1.47. The molecule has 0 unspecified atom stereocenters. The summed E-state index contributed by atoms with van der Waals surface area (Å²) >= 11 is 3.13. The zero-order chi connectivity index (χ0) is 8.43. The second kappa shape index (κ2) is 3.30. The van der Waals surface area contributed by atoms with Crippen molar-refractivity contribution in [3.8, 4) is 0 Å². The Morgan fingerprint density at radius 1 is 1.27 bits per heavy atom. The Kier molecular flexibility index (Phi) is 2.60. The van der Waals surface area contributed by atoms with Gasteiger partial charge >= 0.3 is 0 Å². The zero-order valence-corrected chi connectivity index (χ0v) is 7.58. The van der Waals surface area contributed by atoms with Gasteiger partial charge in [0.1, 0.15) is 0 Å². The Balaban J connectivity index is 3.21. The second-order valence-electron chi connectivity index (χ2n) is 2.21. The first-order valence-corrected chi connectivity index (χ1v) is 4.08. The zero-order valence-electron chi connectivity index (χ0n) is 6.00. The molecule has 0 aliphatic rings. The van der Waals surface area contributed by atoms with E-state index >= 15 is 0 Å². The Morgan fingerprint density at radius 3 is 2.36 bits per heavy atom. The van der Waals surface area contributed by atoms with Crippen LogP contribution in [0.4, 0.5) is 8.78 Å². The summed E-state index contributed by atoms with van der Waals surface area (Å²) in [7, 11) is 0. The second-order valence-corrected chi connectivity index (χ2v) is 3.07. The lowest BCUT2D eigenvalue weighted by Crippen LogP contribution is -1.89. The summed E-state index contributed by atoms with van der Waals surface area (Å²) in [5, 5.41) is 0. The molecule has 0 spiro atoms. The van der Waals surface area contributed by atoms with E-state index in [1.165, 1.54) is 6.07 Å². The molecular weight excluding hydrogens is 214 g/mol. The Morgan fingerprint density at radius 2 is 1.82 bits per heavy atom. The fraction of sp³-hybridized carbons (Fsp3) is 0.250. The summed E-state index contributed by atoms with van der Waals surface area (Å²) in [5.74, 6) is -1.60. The highest BCUT2D eigenvalue weighted by Gasteiger charge is 2.05. The molecule has 0 aromatic heterocycles. The fourth-order valence-electron chi connectivity index (χ4n) is 0.835. The average Bonchev–Trinajstić information content (AvgIpc) is 1.97. The van der Waals surface area contributed by atoms with Gasteiger partial charge in [0.2, 0.25) is 0 Å². The van der Waals surface area contributed by atoms with Gasteiger partial charge in [-0.05, 0) is 24.1 Å². The maximum absolute atomic E-state index is 12.6. The van der Waals surface area contributed by atoms with Gasteiger partial charge in [0.15, 0.2) is 11.6 Å². The van der Waals surface area contributed by atoms with Crippen LogP contribution in [-0.4, -0.2) is 0 Å². The van der Waals surface area contributed by atoms with Crippen LogP contribution in [0.5, 0.6) is 0 Å². The van der Waals surface area contributed by atoms with Gasteiger partial charge in [-0.25, -0.2) is 8.78 Å². The predicted molar refractivity (Wildman–Crippen MR) is 43.4 cm³/mol. The van der Waals surface area contributed by atoms with Crippen LogP contribution in [-0.2, 0) is 6.42 Å². The largest absolute Gasteiger partial charge is 0.204 e. The molecule has 0 aliphatic heterocycles. The molecule has 0 amide bonds. The molecule has 11 heavy (non-hydrogen) atoms. The quantitative estimate of drug-likeness (QED) is 0.638. The third-order valence-corrected chi connectivity index (χ3v) is 2.21. The maximum Gasteiger partial charge on any atom is 0.159 e. The van der Waals surface area contributed by atoms with Gasteiger partial charge in [0.25, 0.3) is 0 Å². The standard InChI is InChI=1S/C8H7BrF2/c1-2-5-3-7(10)8(11)4-6(5)9/h3-4H,2H2,1H3. The number of rotatable bonds is 1. The molecule has 0 radical (unpaired) electrons. The van der Waals surface area contributed by atoms with Crippen LogP contribution in [0.2, 0.25) is 0 Å². The molecule has 1 aromatic rings. The SMILES string of the molecule is CCc1cc(F)c(F)cc1Br. The lowest BCUT2D eigenvalue weighted by Gasteiger charge is -2.00. The monoisotopic (exact) mass is 220 g/mol. The third kappa shape index (κ3) is 1.77. The first kappa shape index (κ1) is 8.65. The van der Waals surface area contributed by atoms with Gasteiger partial charge in [0, 0.05) is 4.47 Å². The highest BCUT2D eigenvalue weighted by atomic mass is 79.9. The first-order chi connectivity index (χ1) is 5.15. The summed E-state index contributed by atoms with van der Waals surface area (Å²) in [6.07, 6.45) is 0.692. The van der Waals surface area contributed by atoms with Crippen molar-refractivity contribution < 1.29 is 8.78 Å². The molecule has 1 rings (SSSR count). The minimum atomic E-state index is -0.811. The Hall–Kier alpha value is -0.440. The lowest BCUT2D eigenvalue weighted by atomic mass is 10.2. The summed E-state index contributed by atoms with van der Waals surface area (Å²) in [6.45, 7) is 1.89. The van der Waals surface area contributed by atoms with Crippen LogP contribution in [0.15, 0.2) is 16.6 Å². The normalized spacial score (nSPS) is 10.2. The Labute approximate surface area is 72.4 Å². The van der Waals surface area contributed by atoms with Crippen molar-refractivity contribution in [1.82, 2.24) is 0 Å². The average molecular weight is 221 g/mol. The van der Waals surface area contributed by atoms with E-state index in [4.69, 9.17) is 0 Å². The van der Waals surface area contributed by atoms with Crippen molar-refractivity contribution in [3.05, 3.63) is 33.8 Å². The van der Waals surface area contributed by atoms with E-state index in [1.807, 2.05) is 6.92 Å². The maximum atomic E-state index is 12.6. The molecule has 0 saturated heterocycles. The van der Waals surface area contributed by atoms with Crippen LogP contribution >= 0.6 is 15.9 Å². The van der Waals surface area contributed by atoms with Gasteiger partial charge in [0.05, 0.1) is 0 Å². The smallest absolute Gasteiger partial charge is 0.159 e. The molecule has 1 aromatic carbocycles. The van der Waals surface area contributed by atoms with E-state index in [1.54, 1.807) is 0 Å². The minimum Gasteiger partial charge on any atom is -0.204 e. The number of halogens is 3. The predicted octanol–water partition coefficient (Wildman–Crippen LogP) is 3.29. The summed E-state index contributed by atoms with van der Waals surface area (Å²) in [5.41, 5.74) is 0.781. The summed E-state index contributed by atoms with van der Waals surface area (Å²) < 4.78 is 25.7. The summed E-state index contributed by atoms with van der Waals surface area (Å²) in [6, 6.07) is 2.35. The van der Waals surface area contributed by atoms with Gasteiger partial charge in [-0.15, -0.1) is 0 Å². The molecular formula is C8H7BrF2. The Bertz CT molecular complexity index is 271. The van der Waals surface area contributed by atoms with Crippen molar-refractivity contribution in [2.24, 2.45) is 0 Å². The van der Waals surface area contributed by atoms with Crippen molar-refractivity contribution >= 4 is 15.9 Å². The summed E-state index contributed by atoms with van der Waals surface area (Å²) in [4.78, 5) is 0. The highest BCUT2D eigenvalue weighted by Crippen LogP contribution is 2.20. The van der Waals surface area contributed by atoms with E-state index < -0.39 is 11.6 Å². The highest BCUT2D eigenvalue weighted by molar-refractivity contribution is 9.10. The fourth-order valence-corrected chi connectivity index (χ4v) is 1.43. The van der Waals surface area contributed by atoms with Gasteiger partial charge in [-0.2, -0.15) is 0 Å². The van der Waals surface area contributed by atoms with Crippen LogP contribution in [0.1, 0.15) is 12.5 Å². The number of aryl methyl sites for hydroxylation is 1. The van der Waals surface area contributed by atoms with Crippen molar-refractivity contribution in [2.45, 2.75) is 13.3 Å². The van der Waals surface area contributed by atoms with Crippen LogP contribution in [0.25, 0.3) is 0 Å². The molecule has 0 heterocycles. The number of hydrogen-bond donors (Lipinski definition) is 0. The van der Waals surface area contributed by atoms with E-state index in [-0.39, 0.29) is 0 Å².